The molecule has 0 aromatic rings. The van der Waals surface area contributed by atoms with Gasteiger partial charge in [-0.15, -0.1) is 0 Å². The first-order valence-electron chi connectivity index (χ1n) is 6.43. The molecular formula is C12H22N2O4. The Kier molecular flexibility index (Phi) is 5.91. The van der Waals surface area contributed by atoms with E-state index in [2.05, 4.69) is 5.32 Å². The lowest BCUT2D eigenvalue weighted by Crippen LogP contribution is -2.44. The van der Waals surface area contributed by atoms with Crippen LogP contribution in [0.3, 0.4) is 0 Å². The van der Waals surface area contributed by atoms with Gasteiger partial charge in [-0.2, -0.15) is 0 Å². The molecule has 0 aromatic carbocycles. The first kappa shape index (κ1) is 14.8. The molecule has 104 valence electrons. The van der Waals surface area contributed by atoms with Gasteiger partial charge < -0.3 is 20.1 Å². The van der Waals surface area contributed by atoms with Crippen LogP contribution in [0.15, 0.2) is 0 Å². The summed E-state index contributed by atoms with van der Waals surface area (Å²) >= 11 is 0. The molecule has 1 rings (SSSR count). The number of hydrogen-bond acceptors (Lipinski definition) is 3. The number of carboxylic acids is 1. The number of rotatable bonds is 6. The minimum Gasteiger partial charge on any atom is -0.481 e. The van der Waals surface area contributed by atoms with E-state index in [0.29, 0.717) is 32.7 Å². The highest BCUT2D eigenvalue weighted by Crippen LogP contribution is 2.24. The summed E-state index contributed by atoms with van der Waals surface area (Å²) in [5.74, 6) is -1.27. The zero-order valence-corrected chi connectivity index (χ0v) is 11.0. The molecule has 6 nitrogen and oxygen atoms in total. The van der Waals surface area contributed by atoms with Gasteiger partial charge in [-0.1, -0.05) is 0 Å². The molecular weight excluding hydrogens is 236 g/mol. The third-order valence-corrected chi connectivity index (χ3v) is 3.28. The summed E-state index contributed by atoms with van der Waals surface area (Å²) in [7, 11) is 0. The predicted molar refractivity (Wildman–Crippen MR) is 66.4 cm³/mol. The fraction of sp³-hybridized carbons (Fsp3) is 0.833. The number of urea groups is 1. The molecule has 1 aliphatic heterocycles. The first-order chi connectivity index (χ1) is 8.57. The zero-order valence-electron chi connectivity index (χ0n) is 11.0. The van der Waals surface area contributed by atoms with Crippen molar-refractivity contribution in [2.75, 3.05) is 26.3 Å². The van der Waals surface area contributed by atoms with Gasteiger partial charge in [0.15, 0.2) is 0 Å². The monoisotopic (exact) mass is 258 g/mol. The minimum atomic E-state index is -0.825. The van der Waals surface area contributed by atoms with E-state index in [4.69, 9.17) is 9.84 Å². The normalized spacial score (nSPS) is 23.1. The Morgan fingerprint density at radius 3 is 2.78 bits per heavy atom. The number of likely N-dealkylation sites (tertiary alicyclic amines) is 1. The van der Waals surface area contributed by atoms with Crippen molar-refractivity contribution >= 4 is 12.0 Å². The van der Waals surface area contributed by atoms with Crippen molar-refractivity contribution in [2.24, 2.45) is 5.92 Å². The third kappa shape index (κ3) is 3.87. The molecule has 0 aliphatic carbocycles. The molecule has 6 heteroatoms. The number of hydrogen-bond donors (Lipinski definition) is 2. The Morgan fingerprint density at radius 2 is 2.22 bits per heavy atom. The summed E-state index contributed by atoms with van der Waals surface area (Å²) in [6.07, 6.45) is 1.30. The van der Waals surface area contributed by atoms with Crippen molar-refractivity contribution < 1.29 is 19.4 Å². The molecule has 0 saturated carbocycles. The summed E-state index contributed by atoms with van der Waals surface area (Å²) in [4.78, 5) is 24.4. The maximum absolute atomic E-state index is 11.8. The second-order valence-corrected chi connectivity index (χ2v) is 4.45. The number of nitrogens with zero attached hydrogens (tertiary/aromatic N) is 1. The molecule has 2 amide bonds. The van der Waals surface area contributed by atoms with Crippen LogP contribution < -0.4 is 5.32 Å². The highest BCUT2D eigenvalue weighted by Gasteiger charge is 2.37. The van der Waals surface area contributed by atoms with Gasteiger partial charge in [-0.25, -0.2) is 4.79 Å². The van der Waals surface area contributed by atoms with Crippen molar-refractivity contribution in [2.45, 2.75) is 32.7 Å². The molecule has 1 aliphatic rings. The Labute approximate surface area is 107 Å². The second kappa shape index (κ2) is 7.20. The van der Waals surface area contributed by atoms with Crippen molar-refractivity contribution in [1.82, 2.24) is 10.2 Å². The van der Waals surface area contributed by atoms with Crippen molar-refractivity contribution in [3.05, 3.63) is 0 Å². The Morgan fingerprint density at radius 1 is 1.50 bits per heavy atom. The van der Waals surface area contributed by atoms with Crippen molar-refractivity contribution in [3.8, 4) is 0 Å². The van der Waals surface area contributed by atoms with E-state index in [1.54, 1.807) is 11.8 Å². The molecule has 2 unspecified atom stereocenters. The van der Waals surface area contributed by atoms with Crippen LogP contribution in [0.25, 0.3) is 0 Å². The first-order valence-corrected chi connectivity index (χ1v) is 6.43. The van der Waals surface area contributed by atoms with E-state index in [1.807, 2.05) is 6.92 Å². The zero-order chi connectivity index (χ0) is 13.5. The molecule has 2 N–H and O–H groups in total. The molecule has 1 fully saturated rings. The van der Waals surface area contributed by atoms with Crippen LogP contribution in [0.5, 0.6) is 0 Å². The fourth-order valence-corrected chi connectivity index (χ4v) is 2.17. The van der Waals surface area contributed by atoms with Gasteiger partial charge in [0.1, 0.15) is 0 Å². The number of carbonyl (C=O) groups excluding carboxylic acids is 1. The average Bonchev–Trinajstić information content (AvgIpc) is 2.70. The number of carbonyl (C=O) groups is 2. The molecule has 0 bridgehead atoms. The van der Waals surface area contributed by atoms with Crippen LogP contribution in [0, 0.1) is 5.92 Å². The van der Waals surface area contributed by atoms with Crippen LogP contribution in [0.4, 0.5) is 4.79 Å². The third-order valence-electron chi connectivity index (χ3n) is 3.28. The second-order valence-electron chi connectivity index (χ2n) is 4.45. The average molecular weight is 258 g/mol. The minimum absolute atomic E-state index is 0.178. The number of aliphatic carboxylic acids is 1. The Hall–Kier alpha value is -1.30. The lowest BCUT2D eigenvalue weighted by Gasteiger charge is -2.23. The summed E-state index contributed by atoms with van der Waals surface area (Å²) in [5.41, 5.74) is 0. The van der Waals surface area contributed by atoms with E-state index in [0.717, 1.165) is 6.42 Å². The van der Waals surface area contributed by atoms with E-state index in [9.17, 15) is 9.59 Å². The van der Waals surface area contributed by atoms with Gasteiger partial charge in [0.25, 0.3) is 0 Å². The van der Waals surface area contributed by atoms with Gasteiger partial charge in [0.2, 0.25) is 0 Å². The van der Waals surface area contributed by atoms with Crippen LogP contribution >= 0.6 is 0 Å². The smallest absolute Gasteiger partial charge is 0.317 e. The molecule has 1 heterocycles. The summed E-state index contributed by atoms with van der Waals surface area (Å²) in [6, 6.07) is -0.419. The molecule has 1 saturated heterocycles. The predicted octanol–water partition coefficient (Wildman–Crippen LogP) is 0.918. The molecule has 0 aromatic heterocycles. The quantitative estimate of drug-likeness (QED) is 0.694. The molecule has 0 spiro atoms. The number of amides is 2. The van der Waals surface area contributed by atoms with Gasteiger partial charge in [-0.05, 0) is 26.7 Å². The molecule has 2 atom stereocenters. The van der Waals surface area contributed by atoms with Crippen molar-refractivity contribution in [3.63, 3.8) is 0 Å². The van der Waals surface area contributed by atoms with Crippen LogP contribution in [0.1, 0.15) is 26.7 Å². The van der Waals surface area contributed by atoms with Gasteiger partial charge in [-0.3, -0.25) is 4.79 Å². The number of ether oxygens (including phenoxy) is 1. The maximum Gasteiger partial charge on any atom is 0.317 e. The highest BCUT2D eigenvalue weighted by atomic mass is 16.5. The standard InChI is InChI=1S/C12H22N2O4/c1-3-18-8-4-6-13-12(17)14-7-5-10(9(14)2)11(15)16/h9-10H,3-8H2,1-2H3,(H,13,17)(H,15,16). The van der Waals surface area contributed by atoms with Gasteiger partial charge in [0.05, 0.1) is 5.92 Å². The van der Waals surface area contributed by atoms with Crippen molar-refractivity contribution in [1.29, 1.82) is 0 Å². The topological polar surface area (TPSA) is 78.9 Å². The SMILES string of the molecule is CCOCCCNC(=O)N1CCC(C(=O)O)C1C. The highest BCUT2D eigenvalue weighted by molar-refractivity contribution is 5.78. The van der Waals surface area contributed by atoms with Crippen LogP contribution in [0.2, 0.25) is 0 Å². The molecule has 18 heavy (non-hydrogen) atoms. The van der Waals surface area contributed by atoms with Gasteiger partial charge in [0, 0.05) is 32.3 Å². The number of nitrogens with one attached hydrogen (secondary N) is 1. The number of carboxylic acid groups (broad SMARTS) is 1. The Bertz CT molecular complexity index is 296. The van der Waals surface area contributed by atoms with Gasteiger partial charge >= 0.3 is 12.0 Å². The van der Waals surface area contributed by atoms with E-state index in [1.165, 1.54) is 0 Å². The largest absolute Gasteiger partial charge is 0.481 e. The summed E-state index contributed by atoms with van der Waals surface area (Å²) < 4.78 is 5.17. The van der Waals surface area contributed by atoms with E-state index < -0.39 is 11.9 Å². The lowest BCUT2D eigenvalue weighted by atomic mass is 10.0. The Balaban J connectivity index is 2.28. The van der Waals surface area contributed by atoms with Crippen LogP contribution in [-0.2, 0) is 9.53 Å². The summed E-state index contributed by atoms with van der Waals surface area (Å²) in [5, 5.41) is 11.8. The fourth-order valence-electron chi connectivity index (χ4n) is 2.17. The lowest BCUT2D eigenvalue weighted by molar-refractivity contribution is -0.142. The van der Waals surface area contributed by atoms with E-state index in [-0.39, 0.29) is 12.1 Å². The van der Waals surface area contributed by atoms with Crippen LogP contribution in [-0.4, -0.2) is 54.4 Å². The van der Waals surface area contributed by atoms with E-state index >= 15 is 0 Å². The summed E-state index contributed by atoms with van der Waals surface area (Å²) in [6.45, 7) is 6.08. The molecule has 0 radical (unpaired) electrons. The maximum atomic E-state index is 11.8.